The van der Waals surface area contributed by atoms with Crippen LogP contribution >= 0.6 is 15.9 Å². The number of sulfonamides is 1. The number of hydrogen-bond donors (Lipinski definition) is 2. The monoisotopic (exact) mass is 337 g/mol. The van der Waals surface area contributed by atoms with E-state index in [1.54, 1.807) is 6.92 Å². The van der Waals surface area contributed by atoms with Gasteiger partial charge in [-0.2, -0.15) is 0 Å². The summed E-state index contributed by atoms with van der Waals surface area (Å²) in [6.45, 7) is 6.28. The molecule has 0 aliphatic rings. The summed E-state index contributed by atoms with van der Waals surface area (Å²) in [4.78, 5) is 6.64. The molecule has 1 heterocycles. The topological polar surface area (TPSA) is 74.8 Å². The molecule has 0 bridgehead atoms. The van der Waals surface area contributed by atoms with Gasteiger partial charge in [0, 0.05) is 11.9 Å². The number of aromatic nitrogens is 2. The molecule has 0 saturated heterocycles. The molecular formula is C11H20BrN3O2S. The Balaban J connectivity index is 2.79. The Kier molecular flexibility index (Phi) is 5.36. The second kappa shape index (κ2) is 6.16. The molecule has 5 nitrogen and oxygen atoms in total. The maximum atomic E-state index is 12.0. The van der Waals surface area contributed by atoms with E-state index in [9.17, 15) is 8.42 Å². The number of nitrogens with zero attached hydrogens (tertiary/aromatic N) is 1. The summed E-state index contributed by atoms with van der Waals surface area (Å²) in [5, 5.41) is 0.896. The molecule has 0 amide bonds. The zero-order valence-electron chi connectivity index (χ0n) is 11.0. The Morgan fingerprint density at radius 2 is 2.06 bits per heavy atom. The van der Waals surface area contributed by atoms with Gasteiger partial charge in [0.05, 0.1) is 6.20 Å². The van der Waals surface area contributed by atoms with Crippen molar-refractivity contribution in [3.8, 4) is 0 Å². The van der Waals surface area contributed by atoms with Crippen molar-refractivity contribution in [3.05, 3.63) is 12.0 Å². The van der Waals surface area contributed by atoms with E-state index in [2.05, 4.69) is 44.5 Å². The van der Waals surface area contributed by atoms with E-state index >= 15 is 0 Å². The lowest BCUT2D eigenvalue weighted by Crippen LogP contribution is -2.38. The van der Waals surface area contributed by atoms with Gasteiger partial charge in [-0.15, -0.1) is 0 Å². The van der Waals surface area contributed by atoms with Gasteiger partial charge in [0.1, 0.15) is 5.82 Å². The lowest BCUT2D eigenvalue weighted by molar-refractivity contribution is 0.309. The van der Waals surface area contributed by atoms with Gasteiger partial charge in [-0.1, -0.05) is 29.8 Å². The number of alkyl halides is 1. The Hall–Kier alpha value is -0.400. The quantitative estimate of drug-likeness (QED) is 0.749. The molecule has 1 aromatic rings. The van der Waals surface area contributed by atoms with Crippen LogP contribution in [0.2, 0.25) is 0 Å². The molecule has 0 spiro atoms. The summed E-state index contributed by atoms with van der Waals surface area (Å²) >= 11 is 3.47. The maximum Gasteiger partial charge on any atom is 0.257 e. The van der Waals surface area contributed by atoms with Gasteiger partial charge < -0.3 is 4.98 Å². The first kappa shape index (κ1) is 15.7. The minimum Gasteiger partial charge on any atom is -0.332 e. The van der Waals surface area contributed by atoms with Crippen LogP contribution < -0.4 is 4.72 Å². The third-order valence-electron chi connectivity index (χ3n) is 3.39. The molecule has 0 saturated carbocycles. The molecule has 18 heavy (non-hydrogen) atoms. The van der Waals surface area contributed by atoms with Gasteiger partial charge >= 0.3 is 0 Å². The SMILES string of the molecule is CCC(CC)(CBr)CNS(=O)(=O)c1cnc(C)[nH]1. The van der Waals surface area contributed by atoms with Crippen LogP contribution in [-0.2, 0) is 10.0 Å². The van der Waals surface area contributed by atoms with Gasteiger partial charge in [0.15, 0.2) is 5.03 Å². The first-order valence-corrected chi connectivity index (χ1v) is 8.57. The third-order valence-corrected chi connectivity index (χ3v) is 5.89. The van der Waals surface area contributed by atoms with Crippen LogP contribution in [0.1, 0.15) is 32.5 Å². The second-order valence-electron chi connectivity index (χ2n) is 4.50. The fraction of sp³-hybridized carbons (Fsp3) is 0.727. The normalized spacial score (nSPS) is 12.9. The van der Waals surface area contributed by atoms with E-state index in [0.29, 0.717) is 12.4 Å². The van der Waals surface area contributed by atoms with Crippen LogP contribution in [0.25, 0.3) is 0 Å². The van der Waals surface area contributed by atoms with Crippen LogP contribution in [0, 0.1) is 12.3 Å². The summed E-state index contributed by atoms with van der Waals surface area (Å²) < 4.78 is 26.7. The van der Waals surface area contributed by atoms with Crippen molar-refractivity contribution in [2.75, 3.05) is 11.9 Å². The van der Waals surface area contributed by atoms with Gasteiger partial charge in [0.2, 0.25) is 0 Å². The van der Waals surface area contributed by atoms with E-state index in [1.807, 2.05) is 0 Å². The van der Waals surface area contributed by atoms with Crippen molar-refractivity contribution in [3.63, 3.8) is 0 Å². The van der Waals surface area contributed by atoms with Crippen molar-refractivity contribution in [1.29, 1.82) is 0 Å². The van der Waals surface area contributed by atoms with Gasteiger partial charge in [-0.25, -0.2) is 18.1 Å². The first-order valence-electron chi connectivity index (χ1n) is 5.96. The molecule has 0 fully saturated rings. The highest BCUT2D eigenvalue weighted by molar-refractivity contribution is 9.09. The summed E-state index contributed by atoms with van der Waals surface area (Å²) in [7, 11) is -3.49. The van der Waals surface area contributed by atoms with Crippen molar-refractivity contribution < 1.29 is 8.42 Å². The van der Waals surface area contributed by atoms with Crippen molar-refractivity contribution in [2.24, 2.45) is 5.41 Å². The molecule has 2 N–H and O–H groups in total. The van der Waals surface area contributed by atoms with Crippen molar-refractivity contribution in [2.45, 2.75) is 38.6 Å². The molecule has 0 atom stereocenters. The molecular weight excluding hydrogens is 318 g/mol. The number of nitrogens with one attached hydrogen (secondary N) is 2. The Bertz CT molecular complexity index is 472. The standard InChI is InChI=1S/C11H20BrN3O2S/c1-4-11(5-2,7-12)8-14-18(16,17)10-6-13-9(3)15-10/h6,14H,4-5,7-8H2,1-3H3,(H,13,15). The van der Waals surface area contributed by atoms with E-state index in [0.717, 1.165) is 18.2 Å². The van der Waals surface area contributed by atoms with E-state index in [-0.39, 0.29) is 10.4 Å². The van der Waals surface area contributed by atoms with Gasteiger partial charge in [-0.3, -0.25) is 0 Å². The molecule has 0 radical (unpaired) electrons. The fourth-order valence-corrected chi connectivity index (χ4v) is 3.71. The summed E-state index contributed by atoms with van der Waals surface area (Å²) in [6.07, 6.45) is 3.17. The van der Waals surface area contributed by atoms with E-state index in [4.69, 9.17) is 0 Å². The number of H-pyrrole nitrogens is 1. The molecule has 1 aromatic heterocycles. The fourth-order valence-electron chi connectivity index (χ4n) is 1.60. The summed E-state index contributed by atoms with van der Waals surface area (Å²) in [6, 6.07) is 0. The predicted molar refractivity (Wildman–Crippen MR) is 75.3 cm³/mol. The zero-order valence-corrected chi connectivity index (χ0v) is 13.4. The summed E-state index contributed by atoms with van der Waals surface area (Å²) in [5.74, 6) is 0.591. The Morgan fingerprint density at radius 1 is 1.44 bits per heavy atom. The highest BCUT2D eigenvalue weighted by Crippen LogP contribution is 2.28. The molecule has 0 aliphatic carbocycles. The maximum absolute atomic E-state index is 12.0. The van der Waals surface area contributed by atoms with Crippen LogP contribution in [0.5, 0.6) is 0 Å². The molecule has 104 valence electrons. The van der Waals surface area contributed by atoms with Crippen molar-refractivity contribution >= 4 is 26.0 Å². The molecule has 0 aliphatic heterocycles. The minimum absolute atomic E-state index is 0.0395. The van der Waals surface area contributed by atoms with E-state index < -0.39 is 10.0 Å². The van der Waals surface area contributed by atoms with Crippen LogP contribution in [0.4, 0.5) is 0 Å². The number of hydrogen-bond acceptors (Lipinski definition) is 3. The highest BCUT2D eigenvalue weighted by Gasteiger charge is 2.27. The largest absolute Gasteiger partial charge is 0.332 e. The molecule has 0 unspecified atom stereocenters. The first-order chi connectivity index (χ1) is 8.39. The van der Waals surface area contributed by atoms with Crippen LogP contribution in [0.3, 0.4) is 0 Å². The van der Waals surface area contributed by atoms with Gasteiger partial charge in [0.25, 0.3) is 10.0 Å². The van der Waals surface area contributed by atoms with E-state index in [1.165, 1.54) is 6.20 Å². The zero-order chi connectivity index (χ0) is 13.8. The van der Waals surface area contributed by atoms with Crippen molar-refractivity contribution in [1.82, 2.24) is 14.7 Å². The lowest BCUT2D eigenvalue weighted by atomic mass is 9.85. The Labute approximate surface area is 117 Å². The summed E-state index contributed by atoms with van der Waals surface area (Å²) in [5.41, 5.74) is -0.0395. The number of rotatable bonds is 7. The van der Waals surface area contributed by atoms with Gasteiger partial charge in [-0.05, 0) is 25.2 Å². The average Bonchev–Trinajstić information content (AvgIpc) is 2.79. The smallest absolute Gasteiger partial charge is 0.257 e. The average molecular weight is 338 g/mol. The highest BCUT2D eigenvalue weighted by atomic mass is 79.9. The molecule has 1 rings (SSSR count). The molecule has 7 heteroatoms. The Morgan fingerprint density at radius 3 is 2.44 bits per heavy atom. The number of aryl methyl sites for hydroxylation is 1. The second-order valence-corrected chi connectivity index (χ2v) is 6.79. The predicted octanol–water partition coefficient (Wildman–Crippen LogP) is 2.20. The number of halogens is 1. The lowest BCUT2D eigenvalue weighted by Gasteiger charge is -2.29. The third kappa shape index (κ3) is 3.55. The number of aromatic amines is 1. The minimum atomic E-state index is -3.49. The van der Waals surface area contributed by atoms with Crippen LogP contribution in [0.15, 0.2) is 11.2 Å². The molecule has 0 aromatic carbocycles. The van der Waals surface area contributed by atoms with Crippen LogP contribution in [-0.4, -0.2) is 30.3 Å². The number of imidazole rings is 1.